The summed E-state index contributed by atoms with van der Waals surface area (Å²) in [5.74, 6) is -2.48. The second-order valence-electron chi connectivity index (χ2n) is 5.61. The lowest BCUT2D eigenvalue weighted by Crippen LogP contribution is -2.02. The largest absolute Gasteiger partial charge is 0.465 e. The molecule has 0 unspecified atom stereocenters. The van der Waals surface area contributed by atoms with Crippen LogP contribution in [0, 0.1) is 18.6 Å². The first-order chi connectivity index (χ1) is 12.0. The number of methoxy groups -OCH3 is 1. The molecule has 0 atom stereocenters. The van der Waals surface area contributed by atoms with E-state index in [4.69, 9.17) is 4.74 Å². The first kappa shape index (κ1) is 16.8. The molecule has 3 aromatic rings. The van der Waals surface area contributed by atoms with Crippen molar-refractivity contribution in [1.29, 1.82) is 0 Å². The van der Waals surface area contributed by atoms with Gasteiger partial charge in [0.1, 0.15) is 0 Å². The van der Waals surface area contributed by atoms with E-state index >= 15 is 0 Å². The first-order valence-electron chi connectivity index (χ1n) is 7.60. The van der Waals surface area contributed by atoms with Crippen LogP contribution in [0.25, 0.3) is 22.4 Å². The molecular formula is C20H15F2NO2. The number of aromatic nitrogens is 1. The number of nitrogens with zero attached hydrogens (tertiary/aromatic N) is 1. The Morgan fingerprint density at radius 3 is 2.48 bits per heavy atom. The maximum absolute atomic E-state index is 14.2. The van der Waals surface area contributed by atoms with Crippen molar-refractivity contribution < 1.29 is 18.3 Å². The maximum atomic E-state index is 14.2. The van der Waals surface area contributed by atoms with E-state index < -0.39 is 17.6 Å². The number of esters is 1. The molecule has 1 heterocycles. The minimum Gasteiger partial charge on any atom is -0.465 e. The number of rotatable bonds is 3. The third-order valence-corrected chi connectivity index (χ3v) is 3.82. The van der Waals surface area contributed by atoms with Crippen molar-refractivity contribution in [3.63, 3.8) is 0 Å². The summed E-state index contributed by atoms with van der Waals surface area (Å²) in [5, 5.41) is 0. The van der Waals surface area contributed by atoms with E-state index in [-0.39, 0.29) is 11.1 Å². The van der Waals surface area contributed by atoms with Gasteiger partial charge in [-0.25, -0.2) is 13.6 Å². The van der Waals surface area contributed by atoms with E-state index in [1.54, 1.807) is 24.4 Å². The Morgan fingerprint density at radius 1 is 1.04 bits per heavy atom. The van der Waals surface area contributed by atoms with Gasteiger partial charge in [0.25, 0.3) is 0 Å². The van der Waals surface area contributed by atoms with E-state index in [1.165, 1.54) is 25.3 Å². The number of carbonyl (C=O) groups is 1. The minimum atomic E-state index is -0.965. The van der Waals surface area contributed by atoms with Gasteiger partial charge in [-0.1, -0.05) is 18.2 Å². The van der Waals surface area contributed by atoms with Crippen molar-refractivity contribution in [2.24, 2.45) is 0 Å². The predicted octanol–water partition coefficient (Wildman–Crippen LogP) is 4.79. The van der Waals surface area contributed by atoms with Crippen LogP contribution in [0.5, 0.6) is 0 Å². The maximum Gasteiger partial charge on any atom is 0.337 e. The zero-order chi connectivity index (χ0) is 18.0. The Kier molecular flexibility index (Phi) is 4.57. The number of hydrogen-bond acceptors (Lipinski definition) is 3. The topological polar surface area (TPSA) is 39.2 Å². The van der Waals surface area contributed by atoms with Crippen molar-refractivity contribution in [2.75, 3.05) is 7.11 Å². The fourth-order valence-electron chi connectivity index (χ4n) is 2.53. The Morgan fingerprint density at radius 2 is 1.80 bits per heavy atom. The van der Waals surface area contributed by atoms with E-state index in [0.29, 0.717) is 16.8 Å². The lowest BCUT2D eigenvalue weighted by atomic mass is 9.97. The molecule has 5 heteroatoms. The molecule has 0 radical (unpaired) electrons. The molecule has 0 fully saturated rings. The molecule has 25 heavy (non-hydrogen) atoms. The van der Waals surface area contributed by atoms with Crippen LogP contribution in [0.1, 0.15) is 15.9 Å². The second kappa shape index (κ2) is 6.81. The highest BCUT2D eigenvalue weighted by molar-refractivity contribution is 5.93. The summed E-state index contributed by atoms with van der Waals surface area (Å²) in [6.45, 7) is 1.91. The Balaban J connectivity index is 2.21. The average molecular weight is 339 g/mol. The van der Waals surface area contributed by atoms with Gasteiger partial charge in [-0.15, -0.1) is 0 Å². The SMILES string of the molecule is COC(=O)c1cc(-c2ccc(C)cn2)cc(-c2cccc(F)c2F)c1. The van der Waals surface area contributed by atoms with E-state index in [9.17, 15) is 13.6 Å². The van der Waals surface area contributed by atoms with Crippen molar-refractivity contribution in [1.82, 2.24) is 4.98 Å². The molecule has 0 aliphatic rings. The summed E-state index contributed by atoms with van der Waals surface area (Å²) in [6, 6.07) is 12.4. The number of benzene rings is 2. The number of pyridine rings is 1. The zero-order valence-corrected chi connectivity index (χ0v) is 13.7. The highest BCUT2D eigenvalue weighted by Gasteiger charge is 2.15. The van der Waals surface area contributed by atoms with Crippen molar-refractivity contribution >= 4 is 5.97 Å². The molecule has 0 amide bonds. The van der Waals surface area contributed by atoms with Gasteiger partial charge in [0, 0.05) is 17.3 Å². The third kappa shape index (κ3) is 3.40. The van der Waals surface area contributed by atoms with Crippen LogP contribution in [0.2, 0.25) is 0 Å². The number of hydrogen-bond donors (Lipinski definition) is 0. The van der Waals surface area contributed by atoms with E-state index in [0.717, 1.165) is 11.6 Å². The standard InChI is InChI=1S/C20H15F2NO2/c1-12-6-7-18(23-11-12)14-8-13(9-15(10-14)20(24)25-2)16-4-3-5-17(21)19(16)22/h3-11H,1-2H3. The molecule has 0 saturated carbocycles. The Labute approximate surface area is 143 Å². The average Bonchev–Trinajstić information content (AvgIpc) is 2.63. The van der Waals surface area contributed by atoms with Crippen LogP contribution in [0.15, 0.2) is 54.7 Å². The summed E-state index contributed by atoms with van der Waals surface area (Å²) < 4.78 is 32.5. The van der Waals surface area contributed by atoms with Crippen LogP contribution >= 0.6 is 0 Å². The van der Waals surface area contributed by atoms with Gasteiger partial charge in [0.15, 0.2) is 11.6 Å². The quantitative estimate of drug-likeness (QED) is 0.644. The third-order valence-electron chi connectivity index (χ3n) is 3.82. The summed E-state index contributed by atoms with van der Waals surface area (Å²) in [6.07, 6.45) is 1.70. The van der Waals surface area contributed by atoms with Crippen LogP contribution in [-0.4, -0.2) is 18.1 Å². The molecule has 0 N–H and O–H groups in total. The van der Waals surface area contributed by atoms with Crippen LogP contribution in [0.4, 0.5) is 8.78 Å². The molecule has 126 valence electrons. The van der Waals surface area contributed by atoms with E-state index in [2.05, 4.69) is 4.98 Å². The lowest BCUT2D eigenvalue weighted by Gasteiger charge is -2.10. The van der Waals surface area contributed by atoms with Gasteiger partial charge in [-0.05, 0) is 48.4 Å². The van der Waals surface area contributed by atoms with Crippen LogP contribution in [-0.2, 0) is 4.74 Å². The molecule has 0 aliphatic carbocycles. The van der Waals surface area contributed by atoms with Gasteiger partial charge in [-0.3, -0.25) is 4.98 Å². The Bertz CT molecular complexity index is 937. The number of carbonyl (C=O) groups excluding carboxylic acids is 1. The smallest absolute Gasteiger partial charge is 0.337 e. The van der Waals surface area contributed by atoms with Gasteiger partial charge < -0.3 is 4.74 Å². The molecule has 0 spiro atoms. The molecule has 3 nitrogen and oxygen atoms in total. The molecule has 1 aromatic heterocycles. The zero-order valence-electron chi connectivity index (χ0n) is 13.7. The summed E-state index contributed by atoms with van der Waals surface area (Å²) >= 11 is 0. The second-order valence-corrected chi connectivity index (χ2v) is 5.61. The van der Waals surface area contributed by atoms with Crippen LogP contribution in [0.3, 0.4) is 0 Å². The monoisotopic (exact) mass is 339 g/mol. The van der Waals surface area contributed by atoms with Crippen molar-refractivity contribution in [3.05, 3.63) is 77.5 Å². The Hall–Kier alpha value is -3.08. The van der Waals surface area contributed by atoms with Gasteiger partial charge in [0.05, 0.1) is 18.4 Å². The molecule has 0 bridgehead atoms. The normalized spacial score (nSPS) is 10.6. The highest BCUT2D eigenvalue weighted by atomic mass is 19.2. The molecule has 3 rings (SSSR count). The fraction of sp³-hybridized carbons (Fsp3) is 0.100. The number of halogens is 2. The number of aryl methyl sites for hydroxylation is 1. The highest BCUT2D eigenvalue weighted by Crippen LogP contribution is 2.30. The van der Waals surface area contributed by atoms with Crippen LogP contribution < -0.4 is 0 Å². The van der Waals surface area contributed by atoms with E-state index in [1.807, 2.05) is 13.0 Å². The molecule has 0 aliphatic heterocycles. The molecule has 2 aromatic carbocycles. The lowest BCUT2D eigenvalue weighted by molar-refractivity contribution is 0.0601. The van der Waals surface area contributed by atoms with Gasteiger partial charge in [0.2, 0.25) is 0 Å². The van der Waals surface area contributed by atoms with Crippen molar-refractivity contribution in [2.45, 2.75) is 6.92 Å². The summed E-state index contributed by atoms with van der Waals surface area (Å²) in [4.78, 5) is 16.3. The summed E-state index contributed by atoms with van der Waals surface area (Å²) in [7, 11) is 1.27. The molecule has 0 saturated heterocycles. The van der Waals surface area contributed by atoms with Gasteiger partial charge >= 0.3 is 5.97 Å². The van der Waals surface area contributed by atoms with Crippen molar-refractivity contribution in [3.8, 4) is 22.4 Å². The fourth-order valence-corrected chi connectivity index (χ4v) is 2.53. The van der Waals surface area contributed by atoms with Gasteiger partial charge in [-0.2, -0.15) is 0 Å². The minimum absolute atomic E-state index is 0.0686. The first-order valence-corrected chi connectivity index (χ1v) is 7.60. The predicted molar refractivity (Wildman–Crippen MR) is 91.1 cm³/mol. The summed E-state index contributed by atoms with van der Waals surface area (Å²) in [5.41, 5.74) is 2.90. The molecular weight excluding hydrogens is 324 g/mol. The number of ether oxygens (including phenoxy) is 1.